The highest BCUT2D eigenvalue weighted by Gasteiger charge is 2.17. The highest BCUT2D eigenvalue weighted by atomic mass is 16.1. The summed E-state index contributed by atoms with van der Waals surface area (Å²) >= 11 is 0. The number of likely N-dealkylation sites (N-methyl/N-ethyl adjacent to an activating group) is 1. The molecule has 10 heteroatoms. The number of piperazine rings is 1. The quantitative estimate of drug-likeness (QED) is 0.426. The number of nitrogens with zero attached hydrogens (tertiary/aromatic N) is 7. The average Bonchev–Trinajstić information content (AvgIpc) is 2.88. The number of carbonyl (C=O) groups excluding carboxylic acids is 1. The SMILES string of the molecule is CN1CCN(c2cc(C(=O)Nc3cc4cc(-c5cncc(NC(C)(C)C)n5)cnc4cn3)ccn2)CC1. The van der Waals surface area contributed by atoms with Crippen molar-refractivity contribution >= 4 is 34.3 Å². The first-order chi connectivity index (χ1) is 17.7. The molecule has 0 aliphatic carbocycles. The van der Waals surface area contributed by atoms with Gasteiger partial charge < -0.3 is 20.4 Å². The third kappa shape index (κ3) is 5.97. The number of carbonyl (C=O) groups is 1. The second kappa shape index (κ2) is 10.1. The summed E-state index contributed by atoms with van der Waals surface area (Å²) in [4.78, 5) is 39.9. The maximum atomic E-state index is 13.0. The second-order valence-electron chi connectivity index (χ2n) is 10.3. The molecule has 0 spiro atoms. The maximum absolute atomic E-state index is 13.0. The van der Waals surface area contributed by atoms with Crippen molar-refractivity contribution in [3.05, 3.63) is 60.8 Å². The Morgan fingerprint density at radius 3 is 2.51 bits per heavy atom. The van der Waals surface area contributed by atoms with Crippen LogP contribution >= 0.6 is 0 Å². The summed E-state index contributed by atoms with van der Waals surface area (Å²) in [6, 6.07) is 7.34. The molecule has 0 saturated carbocycles. The Morgan fingerprint density at radius 1 is 0.919 bits per heavy atom. The zero-order valence-corrected chi connectivity index (χ0v) is 21.6. The number of anilines is 3. The Balaban J connectivity index is 1.35. The first-order valence-corrected chi connectivity index (χ1v) is 12.3. The van der Waals surface area contributed by atoms with Crippen molar-refractivity contribution in [2.24, 2.45) is 0 Å². The summed E-state index contributed by atoms with van der Waals surface area (Å²) in [7, 11) is 2.11. The number of nitrogens with one attached hydrogen (secondary N) is 2. The van der Waals surface area contributed by atoms with E-state index < -0.39 is 0 Å². The molecule has 0 unspecified atom stereocenters. The number of hydrogen-bond donors (Lipinski definition) is 2. The van der Waals surface area contributed by atoms with Crippen molar-refractivity contribution in [1.82, 2.24) is 29.8 Å². The predicted molar refractivity (Wildman–Crippen MR) is 146 cm³/mol. The highest BCUT2D eigenvalue weighted by molar-refractivity contribution is 6.04. The van der Waals surface area contributed by atoms with Gasteiger partial charge in [0.1, 0.15) is 17.5 Å². The van der Waals surface area contributed by atoms with Gasteiger partial charge in [-0.15, -0.1) is 0 Å². The summed E-state index contributed by atoms with van der Waals surface area (Å²) in [6.07, 6.45) is 8.50. The van der Waals surface area contributed by atoms with Gasteiger partial charge in [-0.1, -0.05) is 0 Å². The molecule has 1 amide bonds. The van der Waals surface area contributed by atoms with Crippen LogP contribution in [0.4, 0.5) is 17.5 Å². The van der Waals surface area contributed by atoms with E-state index in [1.54, 1.807) is 37.1 Å². The molecule has 5 rings (SSSR count). The molecule has 1 saturated heterocycles. The second-order valence-corrected chi connectivity index (χ2v) is 10.3. The molecule has 0 bridgehead atoms. The van der Waals surface area contributed by atoms with Crippen LogP contribution < -0.4 is 15.5 Å². The molecular formula is C27H31N9O. The summed E-state index contributed by atoms with van der Waals surface area (Å²) in [5, 5.41) is 7.09. The molecule has 1 aliphatic rings. The van der Waals surface area contributed by atoms with Gasteiger partial charge in [0.2, 0.25) is 0 Å². The Labute approximate surface area is 216 Å². The zero-order valence-electron chi connectivity index (χ0n) is 21.6. The first-order valence-electron chi connectivity index (χ1n) is 12.3. The van der Waals surface area contributed by atoms with E-state index in [2.05, 4.69) is 73.2 Å². The van der Waals surface area contributed by atoms with Crippen LogP contribution in [0.15, 0.2) is 55.2 Å². The molecule has 0 atom stereocenters. The van der Waals surface area contributed by atoms with E-state index in [9.17, 15) is 4.79 Å². The van der Waals surface area contributed by atoms with Gasteiger partial charge in [0.25, 0.3) is 5.91 Å². The highest BCUT2D eigenvalue weighted by Crippen LogP contribution is 2.24. The van der Waals surface area contributed by atoms with Crippen LogP contribution in [-0.2, 0) is 0 Å². The lowest BCUT2D eigenvalue weighted by Crippen LogP contribution is -2.44. The minimum absolute atomic E-state index is 0.131. The normalized spacial score (nSPS) is 14.5. The third-order valence-corrected chi connectivity index (χ3v) is 6.08. The van der Waals surface area contributed by atoms with E-state index in [1.165, 1.54) is 0 Å². The topological polar surface area (TPSA) is 112 Å². The van der Waals surface area contributed by atoms with Gasteiger partial charge in [0.15, 0.2) is 0 Å². The lowest BCUT2D eigenvalue weighted by atomic mass is 10.1. The number of hydrogen-bond acceptors (Lipinski definition) is 9. The van der Waals surface area contributed by atoms with Crippen LogP contribution in [0, 0.1) is 0 Å². The van der Waals surface area contributed by atoms with E-state index in [-0.39, 0.29) is 11.4 Å². The Bertz CT molecular complexity index is 1430. The van der Waals surface area contributed by atoms with Crippen molar-refractivity contribution in [2.45, 2.75) is 26.3 Å². The fourth-order valence-corrected chi connectivity index (χ4v) is 4.15. The molecule has 0 aromatic carbocycles. The van der Waals surface area contributed by atoms with Gasteiger partial charge in [-0.2, -0.15) is 0 Å². The minimum atomic E-state index is -0.236. The molecule has 4 aromatic heterocycles. The monoisotopic (exact) mass is 497 g/mol. The number of pyridine rings is 3. The summed E-state index contributed by atoms with van der Waals surface area (Å²) in [5.74, 6) is 1.72. The molecule has 4 aromatic rings. The number of fused-ring (bicyclic) bond motifs is 1. The minimum Gasteiger partial charge on any atom is -0.364 e. The van der Waals surface area contributed by atoms with Crippen LogP contribution in [0.5, 0.6) is 0 Å². The number of amides is 1. The van der Waals surface area contributed by atoms with E-state index >= 15 is 0 Å². The van der Waals surface area contributed by atoms with Gasteiger partial charge in [0.05, 0.1) is 29.8 Å². The van der Waals surface area contributed by atoms with Crippen molar-refractivity contribution in [2.75, 3.05) is 48.8 Å². The van der Waals surface area contributed by atoms with E-state index in [0.717, 1.165) is 48.5 Å². The fraction of sp³-hybridized carbons (Fsp3) is 0.333. The molecule has 2 N–H and O–H groups in total. The van der Waals surface area contributed by atoms with Crippen LogP contribution in [0.25, 0.3) is 22.2 Å². The van der Waals surface area contributed by atoms with Gasteiger partial charge in [0, 0.05) is 60.6 Å². The number of aromatic nitrogens is 5. The summed E-state index contributed by atoms with van der Waals surface area (Å²) in [6.45, 7) is 9.92. The number of rotatable bonds is 5. The fourth-order valence-electron chi connectivity index (χ4n) is 4.15. The van der Waals surface area contributed by atoms with Gasteiger partial charge in [-0.3, -0.25) is 14.8 Å². The average molecular weight is 498 g/mol. The summed E-state index contributed by atoms with van der Waals surface area (Å²) in [5.41, 5.74) is 2.66. The van der Waals surface area contributed by atoms with E-state index in [1.807, 2.05) is 18.2 Å². The van der Waals surface area contributed by atoms with Crippen LogP contribution in [-0.4, -0.2) is 74.5 Å². The van der Waals surface area contributed by atoms with E-state index in [0.29, 0.717) is 22.9 Å². The lowest BCUT2D eigenvalue weighted by molar-refractivity contribution is 0.102. The smallest absolute Gasteiger partial charge is 0.257 e. The summed E-state index contributed by atoms with van der Waals surface area (Å²) < 4.78 is 0. The van der Waals surface area contributed by atoms with Gasteiger partial charge in [-0.25, -0.2) is 15.0 Å². The molecule has 37 heavy (non-hydrogen) atoms. The predicted octanol–water partition coefficient (Wildman–Crippen LogP) is 3.70. The van der Waals surface area contributed by atoms with Crippen LogP contribution in [0.3, 0.4) is 0 Å². The molecule has 1 fully saturated rings. The lowest BCUT2D eigenvalue weighted by Gasteiger charge is -2.33. The Morgan fingerprint density at radius 2 is 1.73 bits per heavy atom. The van der Waals surface area contributed by atoms with Crippen LogP contribution in [0.1, 0.15) is 31.1 Å². The van der Waals surface area contributed by atoms with Crippen molar-refractivity contribution in [3.8, 4) is 11.3 Å². The maximum Gasteiger partial charge on any atom is 0.257 e. The van der Waals surface area contributed by atoms with Crippen molar-refractivity contribution < 1.29 is 4.79 Å². The van der Waals surface area contributed by atoms with E-state index in [4.69, 9.17) is 0 Å². The van der Waals surface area contributed by atoms with Crippen molar-refractivity contribution in [1.29, 1.82) is 0 Å². The van der Waals surface area contributed by atoms with Gasteiger partial charge >= 0.3 is 0 Å². The standard InChI is InChI=1S/C27H31N9O/c1-27(2,3)34-24-17-28-15-22(32-24)20-11-19-12-23(31-16-21(19)30-14-20)33-26(37)18-5-6-29-25(13-18)36-9-7-35(4)8-10-36/h5-6,11-17H,7-10H2,1-4H3,(H,32,34)(H,31,33,37). The molecule has 1 aliphatic heterocycles. The Hall–Kier alpha value is -4.18. The third-order valence-electron chi connectivity index (χ3n) is 6.08. The van der Waals surface area contributed by atoms with Crippen molar-refractivity contribution in [3.63, 3.8) is 0 Å². The molecule has 0 radical (unpaired) electrons. The Kier molecular flexibility index (Phi) is 6.66. The first kappa shape index (κ1) is 24.5. The molecule has 190 valence electrons. The van der Waals surface area contributed by atoms with Gasteiger partial charge in [-0.05, 0) is 52.1 Å². The molecule has 10 nitrogen and oxygen atoms in total. The zero-order chi connectivity index (χ0) is 26.0. The largest absolute Gasteiger partial charge is 0.364 e. The molecule has 5 heterocycles. The van der Waals surface area contributed by atoms with Crippen LogP contribution in [0.2, 0.25) is 0 Å². The molecular weight excluding hydrogens is 466 g/mol.